The Morgan fingerprint density at radius 1 is 0.971 bits per heavy atom. The Bertz CT molecular complexity index is 1340. The molecule has 0 spiro atoms. The maximum Gasteiger partial charge on any atom is 0.328 e. The molecule has 34 heavy (non-hydrogen) atoms. The molecule has 7 nitrogen and oxygen atoms in total. The van der Waals surface area contributed by atoms with E-state index >= 15 is 0 Å². The van der Waals surface area contributed by atoms with Crippen LogP contribution in [0.5, 0.6) is 17.2 Å². The predicted octanol–water partition coefficient (Wildman–Crippen LogP) is 4.56. The fraction of sp³-hybridized carbons (Fsp3) is 0.192. The molecule has 0 aromatic heterocycles. The second-order valence-corrected chi connectivity index (χ2v) is 10.0. The van der Waals surface area contributed by atoms with E-state index in [4.69, 9.17) is 14.6 Å². The molecule has 0 amide bonds. The molecule has 3 aromatic carbocycles. The summed E-state index contributed by atoms with van der Waals surface area (Å²) < 4.78 is 41.0. The van der Waals surface area contributed by atoms with Crippen molar-refractivity contribution in [3.05, 3.63) is 90.0 Å². The average Bonchev–Trinajstić information content (AvgIpc) is 3.39. The number of carbonyl (C=O) groups is 1. The summed E-state index contributed by atoms with van der Waals surface area (Å²) in [6, 6.07) is 20.8. The highest BCUT2D eigenvalue weighted by atomic mass is 32.2. The van der Waals surface area contributed by atoms with Crippen LogP contribution in [0.2, 0.25) is 0 Å². The minimum Gasteiger partial charge on any atom is -0.489 e. The third-order valence-electron chi connectivity index (χ3n) is 6.13. The van der Waals surface area contributed by atoms with E-state index in [0.717, 1.165) is 11.6 Å². The first-order valence-electron chi connectivity index (χ1n) is 11.0. The van der Waals surface area contributed by atoms with Gasteiger partial charge in [0.1, 0.15) is 23.4 Å². The lowest BCUT2D eigenvalue weighted by Crippen LogP contribution is -2.37. The largest absolute Gasteiger partial charge is 0.489 e. The Kier molecular flexibility index (Phi) is 5.85. The number of carboxylic acids is 1. The van der Waals surface area contributed by atoms with E-state index < -0.39 is 16.0 Å². The van der Waals surface area contributed by atoms with Gasteiger partial charge in [-0.3, -0.25) is 0 Å². The summed E-state index contributed by atoms with van der Waals surface area (Å²) in [6.45, 7) is 0. The lowest BCUT2D eigenvalue weighted by atomic mass is 9.93. The van der Waals surface area contributed by atoms with Gasteiger partial charge in [0.25, 0.3) is 0 Å². The lowest BCUT2D eigenvalue weighted by molar-refractivity contribution is -0.131. The number of fused-ring (bicyclic) bond motifs is 3. The van der Waals surface area contributed by atoms with E-state index in [-0.39, 0.29) is 23.0 Å². The molecule has 2 aliphatic rings. The Morgan fingerprint density at radius 2 is 1.71 bits per heavy atom. The van der Waals surface area contributed by atoms with E-state index in [2.05, 4.69) is 4.72 Å². The van der Waals surface area contributed by atoms with Gasteiger partial charge < -0.3 is 14.6 Å². The summed E-state index contributed by atoms with van der Waals surface area (Å²) >= 11 is 0. The minimum atomic E-state index is -3.76. The van der Waals surface area contributed by atoms with E-state index in [1.54, 1.807) is 18.2 Å². The van der Waals surface area contributed by atoms with Gasteiger partial charge in [-0.1, -0.05) is 36.4 Å². The SMILES string of the molecule is O=C(O)/C=C/c1cccc2c1OC1CCC(NS(=O)(=O)c3ccc(Oc4ccccc4)cc3)C21. The van der Waals surface area contributed by atoms with Crippen molar-refractivity contribution in [2.45, 2.75) is 35.8 Å². The van der Waals surface area contributed by atoms with Crippen LogP contribution in [0.3, 0.4) is 0 Å². The van der Waals surface area contributed by atoms with Gasteiger partial charge in [0.2, 0.25) is 10.0 Å². The number of benzene rings is 3. The molecule has 3 unspecified atom stereocenters. The molecule has 174 valence electrons. The highest BCUT2D eigenvalue weighted by Crippen LogP contribution is 2.49. The topological polar surface area (TPSA) is 102 Å². The van der Waals surface area contributed by atoms with Gasteiger partial charge in [-0.2, -0.15) is 0 Å². The molecule has 1 fully saturated rings. The normalized spacial score (nSPS) is 21.1. The number of hydrogen-bond acceptors (Lipinski definition) is 5. The fourth-order valence-corrected chi connectivity index (χ4v) is 5.93. The fourth-order valence-electron chi connectivity index (χ4n) is 4.64. The number of aliphatic carboxylic acids is 1. The zero-order chi connectivity index (χ0) is 23.7. The van der Waals surface area contributed by atoms with Crippen LogP contribution in [0.1, 0.15) is 29.9 Å². The number of hydrogen-bond donors (Lipinski definition) is 2. The molecule has 0 saturated heterocycles. The third kappa shape index (κ3) is 4.42. The molecule has 3 atom stereocenters. The number of sulfonamides is 1. The Balaban J connectivity index is 1.33. The van der Waals surface area contributed by atoms with Crippen molar-refractivity contribution in [1.29, 1.82) is 0 Å². The van der Waals surface area contributed by atoms with Crippen molar-refractivity contribution in [3.8, 4) is 17.2 Å². The number of nitrogens with one attached hydrogen (secondary N) is 1. The number of carboxylic acid groups (broad SMARTS) is 1. The minimum absolute atomic E-state index is 0.136. The summed E-state index contributed by atoms with van der Waals surface area (Å²) in [5.74, 6) is 0.670. The lowest BCUT2D eigenvalue weighted by Gasteiger charge is -2.20. The quantitative estimate of drug-likeness (QED) is 0.484. The Morgan fingerprint density at radius 3 is 2.44 bits per heavy atom. The summed E-state index contributed by atoms with van der Waals surface area (Å²) in [5, 5.41) is 8.94. The van der Waals surface area contributed by atoms with Crippen molar-refractivity contribution < 1.29 is 27.8 Å². The van der Waals surface area contributed by atoms with Crippen molar-refractivity contribution in [1.82, 2.24) is 4.72 Å². The van der Waals surface area contributed by atoms with Crippen LogP contribution in [-0.2, 0) is 14.8 Å². The molecule has 1 aliphatic heterocycles. The highest BCUT2D eigenvalue weighted by Gasteiger charge is 2.46. The Hall–Kier alpha value is -3.62. The van der Waals surface area contributed by atoms with Crippen molar-refractivity contribution in [3.63, 3.8) is 0 Å². The summed E-state index contributed by atoms with van der Waals surface area (Å²) in [4.78, 5) is 11.1. The molecule has 3 aromatic rings. The van der Waals surface area contributed by atoms with E-state index in [0.29, 0.717) is 35.7 Å². The first-order chi connectivity index (χ1) is 16.4. The molecule has 8 heteroatoms. The van der Waals surface area contributed by atoms with Gasteiger partial charge in [0, 0.05) is 29.2 Å². The van der Waals surface area contributed by atoms with Gasteiger partial charge >= 0.3 is 5.97 Å². The standard InChI is InChI=1S/C26H23NO6S/c28-24(29)16-9-17-5-4-8-21-25-22(14-15-23(25)33-26(17)21)27-34(30,31)20-12-10-19(11-13-20)32-18-6-2-1-3-7-18/h1-13,16,22-23,25,27H,14-15H2,(H,28,29)/b16-9+. The van der Waals surface area contributed by atoms with Crippen LogP contribution < -0.4 is 14.2 Å². The summed E-state index contributed by atoms with van der Waals surface area (Å²) in [5.41, 5.74) is 1.57. The van der Waals surface area contributed by atoms with Crippen LogP contribution >= 0.6 is 0 Å². The van der Waals surface area contributed by atoms with Crippen LogP contribution in [-0.4, -0.2) is 31.6 Å². The predicted molar refractivity (Wildman–Crippen MR) is 127 cm³/mol. The molecule has 0 bridgehead atoms. The van der Waals surface area contributed by atoms with Crippen LogP contribution in [0.4, 0.5) is 0 Å². The smallest absolute Gasteiger partial charge is 0.328 e. The van der Waals surface area contributed by atoms with Crippen molar-refractivity contribution in [2.75, 3.05) is 0 Å². The molecule has 1 aliphatic carbocycles. The van der Waals surface area contributed by atoms with Crippen LogP contribution in [0.25, 0.3) is 6.08 Å². The number of para-hydroxylation sites is 2. The molecule has 1 heterocycles. The zero-order valence-electron chi connectivity index (χ0n) is 18.1. The van der Waals surface area contributed by atoms with E-state index in [9.17, 15) is 13.2 Å². The van der Waals surface area contributed by atoms with Crippen LogP contribution in [0, 0.1) is 0 Å². The Labute approximate surface area is 197 Å². The summed E-state index contributed by atoms with van der Waals surface area (Å²) in [6.07, 6.45) is 3.78. The highest BCUT2D eigenvalue weighted by molar-refractivity contribution is 7.89. The first kappa shape index (κ1) is 22.2. The van der Waals surface area contributed by atoms with Crippen molar-refractivity contribution in [2.24, 2.45) is 0 Å². The monoisotopic (exact) mass is 477 g/mol. The van der Waals surface area contributed by atoms with Gasteiger partial charge in [-0.15, -0.1) is 0 Å². The number of rotatable bonds is 7. The maximum absolute atomic E-state index is 13.1. The molecular weight excluding hydrogens is 454 g/mol. The molecule has 0 radical (unpaired) electrons. The third-order valence-corrected chi connectivity index (χ3v) is 7.63. The molecule has 2 N–H and O–H groups in total. The molecule has 1 saturated carbocycles. The number of ether oxygens (including phenoxy) is 2. The maximum atomic E-state index is 13.1. The van der Waals surface area contributed by atoms with Crippen LogP contribution in [0.15, 0.2) is 83.8 Å². The zero-order valence-corrected chi connectivity index (χ0v) is 18.9. The molecule has 5 rings (SSSR count). The van der Waals surface area contributed by atoms with Gasteiger partial charge in [0.15, 0.2) is 0 Å². The second kappa shape index (κ2) is 8.96. The van der Waals surface area contributed by atoms with Gasteiger partial charge in [-0.05, 0) is 55.3 Å². The first-order valence-corrected chi connectivity index (χ1v) is 12.4. The molecular formula is C26H23NO6S. The second-order valence-electron chi connectivity index (χ2n) is 8.31. The van der Waals surface area contributed by atoms with E-state index in [1.165, 1.54) is 18.2 Å². The van der Waals surface area contributed by atoms with Gasteiger partial charge in [0.05, 0.1) is 4.90 Å². The summed E-state index contributed by atoms with van der Waals surface area (Å²) in [7, 11) is -3.76. The van der Waals surface area contributed by atoms with Gasteiger partial charge in [-0.25, -0.2) is 17.9 Å². The van der Waals surface area contributed by atoms with E-state index in [1.807, 2.05) is 42.5 Å². The average molecular weight is 478 g/mol. The van der Waals surface area contributed by atoms with Crippen molar-refractivity contribution >= 4 is 22.1 Å².